The summed E-state index contributed by atoms with van der Waals surface area (Å²) in [7, 11) is -0.605. The van der Waals surface area contributed by atoms with Crippen LogP contribution in [0, 0.1) is 0 Å². The molecule has 3 rings (SSSR count). The number of carbonyl (C=O) groups is 1. The van der Waals surface area contributed by atoms with Gasteiger partial charge in [-0.1, -0.05) is 12.1 Å². The number of hydrogen-bond acceptors (Lipinski definition) is 6. The van der Waals surface area contributed by atoms with Crippen molar-refractivity contribution in [3.05, 3.63) is 84.4 Å². The molecule has 3 aromatic carbocycles. The SMILES string of the molecule is COc1ccc(NS(=O)(=O)c2ccc(/C=C/C(=O)NCCOc3ccc(OC)cc3)cc2)cc1. The zero-order valence-electron chi connectivity index (χ0n) is 18.9. The number of rotatable bonds is 11. The van der Waals surface area contributed by atoms with E-state index in [9.17, 15) is 13.2 Å². The fourth-order valence-electron chi connectivity index (χ4n) is 2.88. The van der Waals surface area contributed by atoms with E-state index in [1.54, 1.807) is 73.8 Å². The van der Waals surface area contributed by atoms with Gasteiger partial charge in [0, 0.05) is 11.8 Å². The third-order valence-electron chi connectivity index (χ3n) is 4.69. The Morgan fingerprint density at radius 1 is 0.824 bits per heavy atom. The second-order valence-electron chi connectivity index (χ2n) is 7.05. The van der Waals surface area contributed by atoms with Crippen LogP contribution >= 0.6 is 0 Å². The average molecular weight is 483 g/mol. The summed E-state index contributed by atoms with van der Waals surface area (Å²) in [5.41, 5.74) is 1.12. The lowest BCUT2D eigenvalue weighted by Gasteiger charge is -2.09. The first kappa shape index (κ1) is 24.7. The van der Waals surface area contributed by atoms with Crippen molar-refractivity contribution in [1.29, 1.82) is 0 Å². The lowest BCUT2D eigenvalue weighted by molar-refractivity contribution is -0.116. The van der Waals surface area contributed by atoms with Gasteiger partial charge in [-0.15, -0.1) is 0 Å². The molecular weight excluding hydrogens is 456 g/mol. The predicted molar refractivity (Wildman–Crippen MR) is 131 cm³/mol. The van der Waals surface area contributed by atoms with E-state index in [1.807, 2.05) is 0 Å². The number of benzene rings is 3. The van der Waals surface area contributed by atoms with Crippen molar-refractivity contribution in [1.82, 2.24) is 5.32 Å². The van der Waals surface area contributed by atoms with Crippen molar-refractivity contribution in [2.45, 2.75) is 4.90 Å². The highest BCUT2D eigenvalue weighted by Gasteiger charge is 2.13. The molecular formula is C25H26N2O6S. The van der Waals surface area contributed by atoms with E-state index in [0.717, 1.165) is 5.75 Å². The van der Waals surface area contributed by atoms with Gasteiger partial charge in [-0.2, -0.15) is 0 Å². The molecule has 178 valence electrons. The van der Waals surface area contributed by atoms with Gasteiger partial charge < -0.3 is 19.5 Å². The molecule has 0 bridgehead atoms. The van der Waals surface area contributed by atoms with E-state index in [0.29, 0.717) is 35.9 Å². The maximum Gasteiger partial charge on any atom is 0.261 e. The van der Waals surface area contributed by atoms with Crippen LogP contribution in [0.15, 0.2) is 83.8 Å². The summed E-state index contributed by atoms with van der Waals surface area (Å²) in [6, 6.07) is 19.9. The van der Waals surface area contributed by atoms with E-state index in [1.165, 1.54) is 25.3 Å². The molecule has 0 radical (unpaired) electrons. The molecule has 0 unspecified atom stereocenters. The van der Waals surface area contributed by atoms with Gasteiger partial charge in [0.15, 0.2) is 0 Å². The minimum Gasteiger partial charge on any atom is -0.497 e. The Bertz CT molecular complexity index is 1210. The molecule has 0 aliphatic rings. The summed E-state index contributed by atoms with van der Waals surface area (Å²) >= 11 is 0. The van der Waals surface area contributed by atoms with Crippen LogP contribution in [-0.4, -0.2) is 41.7 Å². The number of ether oxygens (including phenoxy) is 3. The van der Waals surface area contributed by atoms with Crippen molar-refractivity contribution in [2.75, 3.05) is 32.1 Å². The maximum atomic E-state index is 12.6. The van der Waals surface area contributed by atoms with Gasteiger partial charge in [-0.25, -0.2) is 8.42 Å². The fourth-order valence-corrected chi connectivity index (χ4v) is 3.94. The molecule has 0 aliphatic carbocycles. The third-order valence-corrected chi connectivity index (χ3v) is 6.09. The quantitative estimate of drug-likeness (QED) is 0.319. The average Bonchev–Trinajstić information content (AvgIpc) is 2.86. The monoisotopic (exact) mass is 482 g/mol. The lowest BCUT2D eigenvalue weighted by atomic mass is 10.2. The Labute approximate surface area is 199 Å². The summed E-state index contributed by atoms with van der Waals surface area (Å²) < 4.78 is 43.4. The molecule has 0 spiro atoms. The zero-order chi connectivity index (χ0) is 24.4. The molecule has 0 aromatic heterocycles. The number of hydrogen-bond donors (Lipinski definition) is 2. The van der Waals surface area contributed by atoms with Gasteiger partial charge in [-0.05, 0) is 72.3 Å². The molecule has 0 fully saturated rings. The van der Waals surface area contributed by atoms with Crippen molar-refractivity contribution in [3.8, 4) is 17.2 Å². The first-order valence-corrected chi connectivity index (χ1v) is 11.9. The summed E-state index contributed by atoms with van der Waals surface area (Å²) in [6.45, 7) is 0.656. The second kappa shape index (κ2) is 11.8. The van der Waals surface area contributed by atoms with E-state index in [4.69, 9.17) is 14.2 Å². The first-order valence-electron chi connectivity index (χ1n) is 10.4. The maximum absolute atomic E-state index is 12.6. The molecule has 2 N–H and O–H groups in total. The van der Waals surface area contributed by atoms with Crippen molar-refractivity contribution in [3.63, 3.8) is 0 Å². The molecule has 8 nitrogen and oxygen atoms in total. The summed E-state index contributed by atoms with van der Waals surface area (Å²) in [5.74, 6) is 1.77. The standard InChI is InChI=1S/C25H26N2O6S/c1-31-21-8-6-20(7-9-21)27-34(29,30)24-14-3-19(4-15-24)5-16-25(28)26-17-18-33-23-12-10-22(32-2)11-13-23/h3-16,27H,17-18H2,1-2H3,(H,26,28)/b16-5+. The van der Waals surface area contributed by atoms with Gasteiger partial charge in [0.25, 0.3) is 10.0 Å². The summed E-state index contributed by atoms with van der Waals surface area (Å²) in [6.07, 6.45) is 2.99. The van der Waals surface area contributed by atoms with Crippen LogP contribution in [0.4, 0.5) is 5.69 Å². The Hall–Kier alpha value is -3.98. The van der Waals surface area contributed by atoms with Crippen LogP contribution in [0.25, 0.3) is 6.08 Å². The van der Waals surface area contributed by atoms with Crippen LogP contribution in [-0.2, 0) is 14.8 Å². The highest BCUT2D eigenvalue weighted by Crippen LogP contribution is 2.20. The number of carbonyl (C=O) groups excluding carboxylic acids is 1. The molecule has 0 saturated heterocycles. The highest BCUT2D eigenvalue weighted by atomic mass is 32.2. The minimum atomic E-state index is -3.74. The number of sulfonamides is 1. The largest absolute Gasteiger partial charge is 0.497 e. The Kier molecular flexibility index (Phi) is 8.53. The molecule has 0 atom stereocenters. The molecule has 0 saturated carbocycles. The topological polar surface area (TPSA) is 103 Å². The van der Waals surface area contributed by atoms with E-state index < -0.39 is 10.0 Å². The number of nitrogens with one attached hydrogen (secondary N) is 2. The fraction of sp³-hybridized carbons (Fsp3) is 0.160. The Morgan fingerprint density at radius 3 is 1.97 bits per heavy atom. The van der Waals surface area contributed by atoms with Crippen LogP contribution in [0.1, 0.15) is 5.56 Å². The van der Waals surface area contributed by atoms with Gasteiger partial charge in [0.1, 0.15) is 23.9 Å². The van der Waals surface area contributed by atoms with E-state index >= 15 is 0 Å². The van der Waals surface area contributed by atoms with E-state index in [2.05, 4.69) is 10.0 Å². The zero-order valence-corrected chi connectivity index (χ0v) is 19.7. The second-order valence-corrected chi connectivity index (χ2v) is 8.73. The highest BCUT2D eigenvalue weighted by molar-refractivity contribution is 7.92. The molecule has 9 heteroatoms. The van der Waals surface area contributed by atoms with Gasteiger partial charge in [-0.3, -0.25) is 9.52 Å². The smallest absolute Gasteiger partial charge is 0.261 e. The van der Waals surface area contributed by atoms with Crippen LogP contribution in [0.2, 0.25) is 0 Å². The molecule has 1 amide bonds. The van der Waals surface area contributed by atoms with E-state index in [-0.39, 0.29) is 10.8 Å². The van der Waals surface area contributed by atoms with Crippen LogP contribution in [0.5, 0.6) is 17.2 Å². The van der Waals surface area contributed by atoms with Crippen molar-refractivity contribution < 1.29 is 27.4 Å². The van der Waals surface area contributed by atoms with Crippen LogP contribution in [0.3, 0.4) is 0 Å². The van der Waals surface area contributed by atoms with Gasteiger partial charge >= 0.3 is 0 Å². The lowest BCUT2D eigenvalue weighted by Crippen LogP contribution is -2.26. The molecule has 0 heterocycles. The van der Waals surface area contributed by atoms with Crippen molar-refractivity contribution in [2.24, 2.45) is 0 Å². The Balaban J connectivity index is 1.46. The Morgan fingerprint density at radius 2 is 1.38 bits per heavy atom. The molecule has 34 heavy (non-hydrogen) atoms. The van der Waals surface area contributed by atoms with Crippen molar-refractivity contribution >= 4 is 27.7 Å². The first-order chi connectivity index (χ1) is 16.4. The molecule has 0 aliphatic heterocycles. The predicted octanol–water partition coefficient (Wildman–Crippen LogP) is 3.71. The van der Waals surface area contributed by atoms with Gasteiger partial charge in [0.2, 0.25) is 5.91 Å². The summed E-state index contributed by atoms with van der Waals surface area (Å²) in [5, 5.41) is 2.73. The normalized spacial score (nSPS) is 11.1. The van der Waals surface area contributed by atoms with Crippen LogP contribution < -0.4 is 24.2 Å². The minimum absolute atomic E-state index is 0.112. The third kappa shape index (κ3) is 7.28. The summed E-state index contributed by atoms with van der Waals surface area (Å²) in [4.78, 5) is 12.1. The number of methoxy groups -OCH3 is 2. The molecule has 3 aromatic rings. The number of anilines is 1. The van der Waals surface area contributed by atoms with Gasteiger partial charge in [0.05, 0.1) is 25.7 Å². The number of amides is 1.